The van der Waals surface area contributed by atoms with Crippen molar-refractivity contribution in [1.29, 1.82) is 0 Å². The highest BCUT2D eigenvalue weighted by molar-refractivity contribution is 8.00. The second-order valence-electron chi connectivity index (χ2n) is 5.00. The molecule has 4 nitrogen and oxygen atoms in total. The van der Waals surface area contributed by atoms with Crippen molar-refractivity contribution in [3.8, 4) is 0 Å². The van der Waals surface area contributed by atoms with Crippen LogP contribution >= 0.6 is 11.8 Å². The van der Waals surface area contributed by atoms with Crippen LogP contribution in [0.5, 0.6) is 0 Å². The van der Waals surface area contributed by atoms with Gasteiger partial charge >= 0.3 is 0 Å². The van der Waals surface area contributed by atoms with Gasteiger partial charge in [0, 0.05) is 18.3 Å². The molecule has 2 aliphatic rings. The van der Waals surface area contributed by atoms with E-state index < -0.39 is 0 Å². The van der Waals surface area contributed by atoms with Crippen molar-refractivity contribution in [3.63, 3.8) is 0 Å². The smallest absolute Gasteiger partial charge is 0.232 e. The maximum atomic E-state index is 12.1. The molecule has 18 heavy (non-hydrogen) atoms. The number of ether oxygens (including phenoxy) is 1. The highest BCUT2D eigenvalue weighted by Crippen LogP contribution is 2.21. The second kappa shape index (κ2) is 7.36. The van der Waals surface area contributed by atoms with E-state index in [0.717, 1.165) is 32.6 Å². The first-order valence-electron chi connectivity index (χ1n) is 7.01. The van der Waals surface area contributed by atoms with Crippen LogP contribution in [-0.2, 0) is 9.53 Å². The van der Waals surface area contributed by atoms with Gasteiger partial charge in [-0.25, -0.2) is 0 Å². The normalized spacial score (nSPS) is 26.3. The molecule has 0 radical (unpaired) electrons. The van der Waals surface area contributed by atoms with Crippen LogP contribution in [0.25, 0.3) is 0 Å². The number of nitrogens with zero attached hydrogens (tertiary/aromatic N) is 1. The van der Waals surface area contributed by atoms with Gasteiger partial charge in [-0.1, -0.05) is 6.92 Å². The summed E-state index contributed by atoms with van der Waals surface area (Å²) < 4.78 is 5.59. The fraction of sp³-hybridized carbons (Fsp3) is 0.923. The zero-order chi connectivity index (χ0) is 12.8. The van der Waals surface area contributed by atoms with Gasteiger partial charge in [-0.15, -0.1) is 11.8 Å². The zero-order valence-electron chi connectivity index (χ0n) is 11.2. The second-order valence-corrected chi connectivity index (χ2v) is 6.29. The first-order chi connectivity index (χ1) is 8.79. The molecule has 104 valence electrons. The van der Waals surface area contributed by atoms with Crippen molar-refractivity contribution < 1.29 is 9.53 Å². The zero-order valence-corrected chi connectivity index (χ0v) is 12.0. The summed E-state index contributed by atoms with van der Waals surface area (Å²) in [5.41, 5.74) is 0. The molecule has 2 aliphatic heterocycles. The van der Waals surface area contributed by atoms with E-state index in [2.05, 4.69) is 12.2 Å². The van der Waals surface area contributed by atoms with E-state index in [-0.39, 0.29) is 6.10 Å². The fourth-order valence-corrected chi connectivity index (χ4v) is 3.57. The largest absolute Gasteiger partial charge is 0.375 e. The Bertz CT molecular complexity index is 270. The van der Waals surface area contributed by atoms with Crippen LogP contribution in [0.3, 0.4) is 0 Å². The molecular weight excluding hydrogens is 248 g/mol. The Morgan fingerprint density at radius 3 is 2.94 bits per heavy atom. The fourth-order valence-electron chi connectivity index (χ4n) is 2.44. The maximum Gasteiger partial charge on any atom is 0.232 e. The predicted octanol–water partition coefficient (Wildman–Crippen LogP) is 1.11. The molecule has 0 aromatic carbocycles. The summed E-state index contributed by atoms with van der Waals surface area (Å²) in [4.78, 5) is 14.1. The lowest BCUT2D eigenvalue weighted by Gasteiger charge is -2.33. The molecule has 0 bridgehead atoms. The number of carbonyl (C=O) groups excluding carboxylic acids is 1. The summed E-state index contributed by atoms with van der Waals surface area (Å²) in [7, 11) is 0. The summed E-state index contributed by atoms with van der Waals surface area (Å²) in [6.07, 6.45) is 3.62. The van der Waals surface area contributed by atoms with Gasteiger partial charge in [0.05, 0.1) is 18.5 Å². The van der Waals surface area contributed by atoms with Crippen molar-refractivity contribution >= 4 is 17.7 Å². The van der Waals surface area contributed by atoms with E-state index in [4.69, 9.17) is 4.74 Å². The number of hydrogen-bond donors (Lipinski definition) is 1. The SMILES string of the molecule is CCC1CN(C(=O)CSC2CCNCC2)CCO1. The molecule has 2 fully saturated rings. The van der Waals surface area contributed by atoms with Crippen molar-refractivity contribution in [1.82, 2.24) is 10.2 Å². The Morgan fingerprint density at radius 2 is 2.22 bits per heavy atom. The van der Waals surface area contributed by atoms with E-state index in [1.165, 1.54) is 12.8 Å². The summed E-state index contributed by atoms with van der Waals surface area (Å²) in [6.45, 7) is 6.55. The summed E-state index contributed by atoms with van der Waals surface area (Å²) in [5, 5.41) is 4.02. The average Bonchev–Trinajstić information content (AvgIpc) is 2.46. The Morgan fingerprint density at radius 1 is 1.44 bits per heavy atom. The highest BCUT2D eigenvalue weighted by Gasteiger charge is 2.24. The summed E-state index contributed by atoms with van der Waals surface area (Å²) >= 11 is 1.84. The van der Waals surface area contributed by atoms with Crippen molar-refractivity contribution in [2.75, 3.05) is 38.5 Å². The van der Waals surface area contributed by atoms with Crippen LogP contribution in [0.1, 0.15) is 26.2 Å². The molecule has 0 saturated carbocycles. The first-order valence-corrected chi connectivity index (χ1v) is 8.06. The van der Waals surface area contributed by atoms with Crippen LogP contribution < -0.4 is 5.32 Å². The van der Waals surface area contributed by atoms with Gasteiger partial charge in [0.2, 0.25) is 5.91 Å². The van der Waals surface area contributed by atoms with Gasteiger partial charge in [-0.3, -0.25) is 4.79 Å². The molecule has 2 rings (SSSR count). The Labute approximate surface area is 114 Å². The van der Waals surface area contributed by atoms with E-state index in [1.54, 1.807) is 0 Å². The van der Waals surface area contributed by atoms with E-state index in [9.17, 15) is 4.79 Å². The highest BCUT2D eigenvalue weighted by atomic mass is 32.2. The molecule has 5 heteroatoms. The number of amides is 1. The Kier molecular flexibility index (Phi) is 5.79. The maximum absolute atomic E-state index is 12.1. The number of hydrogen-bond acceptors (Lipinski definition) is 4. The minimum atomic E-state index is 0.242. The molecule has 1 unspecified atom stereocenters. The molecule has 0 spiro atoms. The summed E-state index contributed by atoms with van der Waals surface area (Å²) in [5.74, 6) is 0.932. The third kappa shape index (κ3) is 4.14. The number of carbonyl (C=O) groups is 1. The molecule has 0 aromatic heterocycles. The van der Waals surface area contributed by atoms with Gasteiger partial charge in [-0.05, 0) is 32.4 Å². The molecule has 2 saturated heterocycles. The van der Waals surface area contributed by atoms with Gasteiger partial charge in [0.25, 0.3) is 0 Å². The quantitative estimate of drug-likeness (QED) is 0.832. The van der Waals surface area contributed by atoms with Crippen LogP contribution in [0.15, 0.2) is 0 Å². The van der Waals surface area contributed by atoms with Gasteiger partial charge in [-0.2, -0.15) is 0 Å². The molecule has 0 aromatic rings. The number of piperidine rings is 1. The molecule has 1 amide bonds. The third-order valence-corrected chi connectivity index (χ3v) is 5.03. The van der Waals surface area contributed by atoms with Gasteiger partial charge in [0.15, 0.2) is 0 Å². The lowest BCUT2D eigenvalue weighted by atomic mass is 10.2. The van der Waals surface area contributed by atoms with Crippen molar-refractivity contribution in [2.24, 2.45) is 0 Å². The lowest BCUT2D eigenvalue weighted by Crippen LogP contribution is -2.46. The molecule has 0 aliphatic carbocycles. The van der Waals surface area contributed by atoms with Crippen LogP contribution in [-0.4, -0.2) is 60.7 Å². The minimum Gasteiger partial charge on any atom is -0.375 e. The standard InChI is InChI=1S/C13H24N2O2S/c1-2-11-9-15(7-8-17-11)13(16)10-18-12-3-5-14-6-4-12/h11-12,14H,2-10H2,1H3. The van der Waals surface area contributed by atoms with E-state index in [0.29, 0.717) is 23.5 Å². The van der Waals surface area contributed by atoms with Gasteiger partial charge < -0.3 is 15.0 Å². The Balaban J connectivity index is 1.70. The monoisotopic (exact) mass is 272 g/mol. The minimum absolute atomic E-state index is 0.242. The van der Waals surface area contributed by atoms with Crippen molar-refractivity contribution in [2.45, 2.75) is 37.5 Å². The first kappa shape index (κ1) is 14.2. The van der Waals surface area contributed by atoms with Crippen LogP contribution in [0, 0.1) is 0 Å². The van der Waals surface area contributed by atoms with Crippen molar-refractivity contribution in [3.05, 3.63) is 0 Å². The number of nitrogens with one attached hydrogen (secondary N) is 1. The topological polar surface area (TPSA) is 41.6 Å². The number of morpholine rings is 1. The summed E-state index contributed by atoms with van der Waals surface area (Å²) in [6, 6.07) is 0. The van der Waals surface area contributed by atoms with E-state index in [1.807, 2.05) is 16.7 Å². The average molecular weight is 272 g/mol. The number of thioether (sulfide) groups is 1. The Hall–Kier alpha value is -0.260. The molecular formula is C13H24N2O2S. The van der Waals surface area contributed by atoms with E-state index >= 15 is 0 Å². The molecule has 1 atom stereocenters. The molecule has 1 N–H and O–H groups in total. The van der Waals surface area contributed by atoms with Crippen LogP contribution in [0.4, 0.5) is 0 Å². The third-order valence-electron chi connectivity index (χ3n) is 3.68. The lowest BCUT2D eigenvalue weighted by molar-refractivity contribution is -0.135. The van der Waals surface area contributed by atoms with Crippen LogP contribution in [0.2, 0.25) is 0 Å². The number of rotatable bonds is 4. The predicted molar refractivity (Wildman–Crippen MR) is 75.0 cm³/mol. The van der Waals surface area contributed by atoms with Gasteiger partial charge in [0.1, 0.15) is 0 Å². The molecule has 2 heterocycles.